The lowest BCUT2D eigenvalue weighted by Gasteiger charge is -2.04. The Hall–Kier alpha value is -1.66. The first kappa shape index (κ1) is 14.3. The van der Waals surface area contributed by atoms with Crippen molar-refractivity contribution in [1.29, 1.82) is 0 Å². The molecule has 0 spiro atoms. The molecule has 6 heteroatoms. The van der Waals surface area contributed by atoms with E-state index in [0.29, 0.717) is 12.1 Å². The fourth-order valence-electron chi connectivity index (χ4n) is 2.01. The number of amides is 1. The monoisotopic (exact) mass is 407 g/mol. The average Bonchev–Trinajstić information content (AvgIpc) is 2.87. The molecule has 1 amide bonds. The number of halogens is 2. The first-order chi connectivity index (χ1) is 10.1. The Morgan fingerprint density at radius 2 is 1.95 bits per heavy atom. The molecule has 1 N–H and O–H groups in total. The molecule has 2 aromatic heterocycles. The van der Waals surface area contributed by atoms with Gasteiger partial charge in [0.25, 0.3) is 5.91 Å². The Labute approximate surface area is 138 Å². The summed E-state index contributed by atoms with van der Waals surface area (Å²) in [5, 5.41) is 2.88. The van der Waals surface area contributed by atoms with Crippen LogP contribution in [0.1, 0.15) is 16.1 Å². The molecule has 0 atom stereocenters. The molecule has 0 radical (unpaired) electrons. The van der Waals surface area contributed by atoms with Crippen LogP contribution in [0.2, 0.25) is 0 Å². The molecule has 0 unspecified atom stereocenters. The molecule has 0 saturated heterocycles. The van der Waals surface area contributed by atoms with Crippen LogP contribution in [0.15, 0.2) is 57.7 Å². The number of benzene rings is 1. The summed E-state index contributed by atoms with van der Waals surface area (Å²) >= 11 is 6.79. The number of carbonyl (C=O) groups excluding carboxylic acids is 1. The van der Waals surface area contributed by atoms with Crippen LogP contribution in [-0.4, -0.2) is 15.3 Å². The Morgan fingerprint density at radius 3 is 2.76 bits per heavy atom. The van der Waals surface area contributed by atoms with Gasteiger partial charge in [-0.3, -0.25) is 4.79 Å². The first-order valence-electron chi connectivity index (χ1n) is 6.29. The lowest BCUT2D eigenvalue weighted by Crippen LogP contribution is -2.23. The van der Waals surface area contributed by atoms with Gasteiger partial charge in [0.15, 0.2) is 0 Å². The van der Waals surface area contributed by atoms with E-state index >= 15 is 0 Å². The Bertz CT molecular complexity index is 814. The zero-order valence-corrected chi connectivity index (χ0v) is 14.1. The third kappa shape index (κ3) is 3.16. The number of fused-ring (bicyclic) bond motifs is 1. The molecule has 4 nitrogen and oxygen atoms in total. The van der Waals surface area contributed by atoms with E-state index in [1.165, 1.54) is 0 Å². The number of nitrogens with one attached hydrogen (secondary N) is 1. The second kappa shape index (κ2) is 5.99. The highest BCUT2D eigenvalue weighted by molar-refractivity contribution is 9.10. The zero-order valence-electron chi connectivity index (χ0n) is 10.9. The lowest BCUT2D eigenvalue weighted by molar-refractivity contribution is 0.0949. The molecule has 2 heterocycles. The maximum Gasteiger partial charge on any atom is 0.252 e. The largest absolute Gasteiger partial charge is 0.346 e. The lowest BCUT2D eigenvalue weighted by atomic mass is 10.2. The van der Waals surface area contributed by atoms with Crippen LogP contribution in [-0.2, 0) is 6.54 Å². The molecule has 3 rings (SSSR count). The average molecular weight is 409 g/mol. The van der Waals surface area contributed by atoms with E-state index in [4.69, 9.17) is 0 Å². The highest BCUT2D eigenvalue weighted by Gasteiger charge is 2.09. The summed E-state index contributed by atoms with van der Waals surface area (Å²) < 4.78 is 3.68. The van der Waals surface area contributed by atoms with Crippen molar-refractivity contribution in [2.45, 2.75) is 6.54 Å². The van der Waals surface area contributed by atoms with Crippen molar-refractivity contribution in [2.75, 3.05) is 0 Å². The molecule has 106 valence electrons. The molecule has 0 aliphatic rings. The van der Waals surface area contributed by atoms with E-state index in [9.17, 15) is 4.79 Å². The van der Waals surface area contributed by atoms with Crippen molar-refractivity contribution < 1.29 is 4.79 Å². The van der Waals surface area contributed by atoms with Gasteiger partial charge in [0.1, 0.15) is 5.65 Å². The maximum absolute atomic E-state index is 12.1. The van der Waals surface area contributed by atoms with E-state index in [0.717, 1.165) is 20.3 Å². The standard InChI is InChI=1S/C15H11Br2N3O/c16-10-5-6-14-19-11(9-20(14)8-10)7-18-15(21)12-3-1-2-4-13(12)17/h1-6,8-9H,7H2,(H,18,21). The smallest absolute Gasteiger partial charge is 0.252 e. The first-order valence-corrected chi connectivity index (χ1v) is 7.88. The van der Waals surface area contributed by atoms with Crippen molar-refractivity contribution in [3.63, 3.8) is 0 Å². The van der Waals surface area contributed by atoms with Gasteiger partial charge in [-0.2, -0.15) is 0 Å². The molecule has 3 aromatic rings. The van der Waals surface area contributed by atoms with Gasteiger partial charge in [0.05, 0.1) is 17.8 Å². The topological polar surface area (TPSA) is 46.4 Å². The van der Waals surface area contributed by atoms with E-state index in [1.807, 2.05) is 47.1 Å². The SMILES string of the molecule is O=C(NCc1cn2cc(Br)ccc2n1)c1ccccc1Br. The van der Waals surface area contributed by atoms with Crippen LogP contribution in [0.4, 0.5) is 0 Å². The van der Waals surface area contributed by atoms with Crippen LogP contribution in [0.25, 0.3) is 5.65 Å². The van der Waals surface area contributed by atoms with Crippen LogP contribution in [0.3, 0.4) is 0 Å². The highest BCUT2D eigenvalue weighted by atomic mass is 79.9. The number of hydrogen-bond acceptors (Lipinski definition) is 2. The van der Waals surface area contributed by atoms with E-state index in [-0.39, 0.29) is 5.91 Å². The predicted molar refractivity (Wildman–Crippen MR) is 88.2 cm³/mol. The summed E-state index contributed by atoms with van der Waals surface area (Å²) in [5.41, 5.74) is 2.28. The summed E-state index contributed by atoms with van der Waals surface area (Å²) in [4.78, 5) is 16.6. The van der Waals surface area contributed by atoms with E-state index < -0.39 is 0 Å². The van der Waals surface area contributed by atoms with Crippen LogP contribution in [0.5, 0.6) is 0 Å². The highest BCUT2D eigenvalue weighted by Crippen LogP contribution is 2.16. The van der Waals surface area contributed by atoms with Gasteiger partial charge < -0.3 is 9.72 Å². The Morgan fingerprint density at radius 1 is 1.14 bits per heavy atom. The minimum Gasteiger partial charge on any atom is -0.346 e. The zero-order chi connectivity index (χ0) is 14.8. The molecular formula is C15H11Br2N3O. The summed E-state index contributed by atoms with van der Waals surface area (Å²) in [6.07, 6.45) is 3.84. The molecule has 1 aromatic carbocycles. The molecule has 0 saturated carbocycles. The number of nitrogens with zero attached hydrogens (tertiary/aromatic N) is 2. The van der Waals surface area contributed by atoms with Crippen molar-refractivity contribution in [3.05, 3.63) is 69.0 Å². The summed E-state index contributed by atoms with van der Waals surface area (Å²) in [6.45, 7) is 0.388. The van der Waals surface area contributed by atoms with Crippen molar-refractivity contribution >= 4 is 43.4 Å². The molecule has 0 aliphatic heterocycles. The van der Waals surface area contributed by atoms with E-state index in [2.05, 4.69) is 42.2 Å². The maximum atomic E-state index is 12.1. The summed E-state index contributed by atoms with van der Waals surface area (Å²) in [6, 6.07) is 11.2. The normalized spacial score (nSPS) is 10.8. The van der Waals surface area contributed by atoms with Gasteiger partial charge in [-0.15, -0.1) is 0 Å². The van der Waals surface area contributed by atoms with Gasteiger partial charge >= 0.3 is 0 Å². The molecule has 0 aliphatic carbocycles. The summed E-state index contributed by atoms with van der Waals surface area (Å²) in [7, 11) is 0. The number of imidazole rings is 1. The minimum absolute atomic E-state index is 0.124. The number of hydrogen-bond donors (Lipinski definition) is 1. The second-order valence-corrected chi connectivity index (χ2v) is 6.28. The van der Waals surface area contributed by atoms with Gasteiger partial charge in [0, 0.05) is 21.3 Å². The third-order valence-corrected chi connectivity index (χ3v) is 4.17. The van der Waals surface area contributed by atoms with Gasteiger partial charge in [-0.1, -0.05) is 12.1 Å². The third-order valence-electron chi connectivity index (χ3n) is 3.01. The number of rotatable bonds is 3. The Kier molecular flexibility index (Phi) is 4.07. The van der Waals surface area contributed by atoms with Crippen LogP contribution >= 0.6 is 31.9 Å². The fraction of sp³-hybridized carbons (Fsp3) is 0.0667. The minimum atomic E-state index is -0.124. The predicted octanol–water partition coefficient (Wildman–Crippen LogP) is 3.79. The molecule has 0 bridgehead atoms. The quantitative estimate of drug-likeness (QED) is 0.716. The Balaban J connectivity index is 1.74. The van der Waals surface area contributed by atoms with Gasteiger partial charge in [-0.25, -0.2) is 4.98 Å². The molecule has 21 heavy (non-hydrogen) atoms. The van der Waals surface area contributed by atoms with Crippen molar-refractivity contribution in [3.8, 4) is 0 Å². The van der Waals surface area contributed by atoms with Crippen molar-refractivity contribution in [1.82, 2.24) is 14.7 Å². The van der Waals surface area contributed by atoms with Crippen molar-refractivity contribution in [2.24, 2.45) is 0 Å². The molecule has 0 fully saturated rings. The fourth-order valence-corrected chi connectivity index (χ4v) is 2.83. The summed E-state index contributed by atoms with van der Waals surface area (Å²) in [5.74, 6) is -0.124. The number of pyridine rings is 1. The number of aromatic nitrogens is 2. The number of carbonyl (C=O) groups is 1. The van der Waals surface area contributed by atoms with Crippen LogP contribution < -0.4 is 5.32 Å². The molecular weight excluding hydrogens is 398 g/mol. The van der Waals surface area contributed by atoms with Gasteiger partial charge in [0.2, 0.25) is 0 Å². The van der Waals surface area contributed by atoms with E-state index in [1.54, 1.807) is 6.07 Å². The second-order valence-electron chi connectivity index (χ2n) is 4.51. The van der Waals surface area contributed by atoms with Gasteiger partial charge in [-0.05, 0) is 56.1 Å². The van der Waals surface area contributed by atoms with Crippen LogP contribution in [0, 0.1) is 0 Å².